The Morgan fingerprint density at radius 1 is 1.27 bits per heavy atom. The van der Waals surface area contributed by atoms with Gasteiger partial charge in [-0.1, -0.05) is 23.4 Å². The molecular formula is C14H18N4O3S. The van der Waals surface area contributed by atoms with Crippen molar-refractivity contribution >= 4 is 10.0 Å². The maximum Gasteiger partial charge on any atom is 0.213 e. The summed E-state index contributed by atoms with van der Waals surface area (Å²) < 4.78 is 32.2. The Labute approximate surface area is 129 Å². The van der Waals surface area contributed by atoms with Crippen LogP contribution in [-0.2, 0) is 16.6 Å². The highest BCUT2D eigenvalue weighted by atomic mass is 32.2. The van der Waals surface area contributed by atoms with E-state index in [1.54, 1.807) is 11.6 Å². The topological polar surface area (TPSA) is 77.3 Å². The van der Waals surface area contributed by atoms with Crippen molar-refractivity contribution in [1.29, 1.82) is 0 Å². The normalized spacial score (nSPS) is 16.4. The highest BCUT2D eigenvalue weighted by Crippen LogP contribution is 2.23. The van der Waals surface area contributed by atoms with Gasteiger partial charge in [-0.05, 0) is 19.1 Å². The molecule has 118 valence electrons. The number of hydrogen-bond donors (Lipinski definition) is 0. The fraction of sp³-hybridized carbons (Fsp3) is 0.429. The number of sulfonamides is 1. The second kappa shape index (κ2) is 6.05. The van der Waals surface area contributed by atoms with Gasteiger partial charge in [0.1, 0.15) is 18.1 Å². The van der Waals surface area contributed by atoms with Gasteiger partial charge in [-0.3, -0.25) is 0 Å². The molecule has 0 amide bonds. The molecular weight excluding hydrogens is 304 g/mol. The van der Waals surface area contributed by atoms with E-state index < -0.39 is 10.0 Å². The zero-order valence-electron chi connectivity index (χ0n) is 12.3. The molecule has 7 nitrogen and oxygen atoms in total. The molecule has 0 unspecified atom stereocenters. The Hall–Kier alpha value is -1.93. The number of ether oxygens (including phenoxy) is 1. The number of hydrogen-bond acceptors (Lipinski definition) is 5. The molecule has 0 bridgehead atoms. The van der Waals surface area contributed by atoms with Crippen LogP contribution in [0.4, 0.5) is 0 Å². The van der Waals surface area contributed by atoms with Gasteiger partial charge in [0.2, 0.25) is 10.0 Å². The van der Waals surface area contributed by atoms with E-state index in [-0.39, 0.29) is 11.8 Å². The first-order valence-electron chi connectivity index (χ1n) is 7.15. The van der Waals surface area contributed by atoms with Crippen LogP contribution < -0.4 is 4.74 Å². The Kier molecular flexibility index (Phi) is 4.12. The van der Waals surface area contributed by atoms with Crippen molar-refractivity contribution in [3.05, 3.63) is 42.2 Å². The van der Waals surface area contributed by atoms with Crippen molar-refractivity contribution in [2.75, 3.05) is 18.8 Å². The SMILES string of the molecule is CCS(=O)(=O)N1CC(n2cc(COc3ccccc3)nn2)C1. The van der Waals surface area contributed by atoms with Crippen molar-refractivity contribution in [2.45, 2.75) is 19.6 Å². The molecule has 2 heterocycles. The van der Waals surface area contributed by atoms with Gasteiger partial charge in [0.25, 0.3) is 0 Å². The molecule has 0 atom stereocenters. The summed E-state index contributed by atoms with van der Waals surface area (Å²) in [6, 6.07) is 9.55. The van der Waals surface area contributed by atoms with Gasteiger partial charge in [0, 0.05) is 13.1 Å². The van der Waals surface area contributed by atoms with Crippen molar-refractivity contribution in [2.24, 2.45) is 0 Å². The predicted octanol–water partition coefficient (Wildman–Crippen LogP) is 1.06. The monoisotopic (exact) mass is 322 g/mol. The summed E-state index contributed by atoms with van der Waals surface area (Å²) in [5.41, 5.74) is 0.723. The summed E-state index contributed by atoms with van der Waals surface area (Å²) in [4.78, 5) is 0. The van der Waals surface area contributed by atoms with Crippen LogP contribution in [0.5, 0.6) is 5.75 Å². The van der Waals surface area contributed by atoms with Gasteiger partial charge >= 0.3 is 0 Å². The van der Waals surface area contributed by atoms with E-state index in [4.69, 9.17) is 4.74 Å². The lowest BCUT2D eigenvalue weighted by atomic mass is 10.2. The molecule has 0 saturated carbocycles. The zero-order chi connectivity index (χ0) is 15.6. The summed E-state index contributed by atoms with van der Waals surface area (Å²) in [7, 11) is -3.09. The van der Waals surface area contributed by atoms with Gasteiger partial charge in [-0.25, -0.2) is 13.1 Å². The van der Waals surface area contributed by atoms with Crippen LogP contribution in [0.3, 0.4) is 0 Å². The predicted molar refractivity (Wildman–Crippen MR) is 80.9 cm³/mol. The van der Waals surface area contributed by atoms with Crippen LogP contribution in [0.25, 0.3) is 0 Å². The molecule has 1 aromatic heterocycles. The van der Waals surface area contributed by atoms with E-state index in [2.05, 4.69) is 10.3 Å². The van der Waals surface area contributed by atoms with Crippen molar-refractivity contribution < 1.29 is 13.2 Å². The molecule has 0 N–H and O–H groups in total. The van der Waals surface area contributed by atoms with E-state index in [1.165, 1.54) is 4.31 Å². The molecule has 8 heteroatoms. The lowest BCUT2D eigenvalue weighted by Gasteiger charge is -2.37. The maximum absolute atomic E-state index is 11.7. The Morgan fingerprint density at radius 2 is 2.00 bits per heavy atom. The molecule has 22 heavy (non-hydrogen) atoms. The molecule has 0 radical (unpaired) electrons. The Bertz CT molecular complexity index is 724. The molecule has 3 rings (SSSR count). The second-order valence-corrected chi connectivity index (χ2v) is 7.42. The van der Waals surface area contributed by atoms with Crippen molar-refractivity contribution in [3.63, 3.8) is 0 Å². The standard InChI is InChI=1S/C14H18N4O3S/c1-2-22(19,20)17-9-13(10-17)18-8-12(15-16-18)11-21-14-6-4-3-5-7-14/h3-8,13H,2,9-11H2,1H3. The average Bonchev–Trinajstić information content (AvgIpc) is 2.93. The third-order valence-electron chi connectivity index (χ3n) is 3.65. The van der Waals surface area contributed by atoms with Crippen LogP contribution in [0.2, 0.25) is 0 Å². The van der Waals surface area contributed by atoms with E-state index in [0.717, 1.165) is 11.4 Å². The fourth-order valence-electron chi connectivity index (χ4n) is 2.23. The largest absolute Gasteiger partial charge is 0.487 e. The molecule has 2 aromatic rings. The van der Waals surface area contributed by atoms with Gasteiger partial charge in [-0.2, -0.15) is 4.31 Å². The molecule has 0 spiro atoms. The first kappa shape index (κ1) is 15.0. The highest BCUT2D eigenvalue weighted by molar-refractivity contribution is 7.89. The van der Waals surface area contributed by atoms with Gasteiger partial charge in [0.15, 0.2) is 0 Å². The lowest BCUT2D eigenvalue weighted by Crippen LogP contribution is -2.51. The van der Waals surface area contributed by atoms with Crippen LogP contribution >= 0.6 is 0 Å². The lowest BCUT2D eigenvalue weighted by molar-refractivity contribution is 0.189. The summed E-state index contributed by atoms with van der Waals surface area (Å²) >= 11 is 0. The summed E-state index contributed by atoms with van der Waals surface area (Å²) in [6.07, 6.45) is 1.81. The number of para-hydroxylation sites is 1. The van der Waals surface area contributed by atoms with E-state index >= 15 is 0 Å². The second-order valence-electron chi connectivity index (χ2n) is 5.16. The van der Waals surface area contributed by atoms with Crippen molar-refractivity contribution in [3.8, 4) is 5.75 Å². The molecule has 1 aliphatic heterocycles. The van der Waals surface area contributed by atoms with Gasteiger partial charge < -0.3 is 4.74 Å². The maximum atomic E-state index is 11.7. The van der Waals surface area contributed by atoms with Crippen LogP contribution in [0.1, 0.15) is 18.7 Å². The molecule has 1 saturated heterocycles. The molecule has 1 fully saturated rings. The minimum absolute atomic E-state index is 0.0549. The van der Waals surface area contributed by atoms with Crippen LogP contribution in [-0.4, -0.2) is 46.6 Å². The van der Waals surface area contributed by atoms with Crippen molar-refractivity contribution in [1.82, 2.24) is 19.3 Å². The number of nitrogens with zero attached hydrogens (tertiary/aromatic N) is 4. The van der Waals surface area contributed by atoms with Gasteiger partial charge in [-0.15, -0.1) is 5.10 Å². The smallest absolute Gasteiger partial charge is 0.213 e. The third-order valence-corrected chi connectivity index (χ3v) is 5.46. The van der Waals surface area contributed by atoms with Gasteiger partial charge in [0.05, 0.1) is 18.0 Å². The first-order chi connectivity index (χ1) is 10.6. The van der Waals surface area contributed by atoms with Crippen LogP contribution in [0, 0.1) is 0 Å². The number of benzene rings is 1. The minimum atomic E-state index is -3.09. The Balaban J connectivity index is 1.55. The summed E-state index contributed by atoms with van der Waals surface area (Å²) in [5, 5.41) is 8.12. The average molecular weight is 322 g/mol. The zero-order valence-corrected chi connectivity index (χ0v) is 13.1. The molecule has 0 aliphatic carbocycles. The third kappa shape index (κ3) is 3.12. The minimum Gasteiger partial charge on any atom is -0.487 e. The van der Waals surface area contributed by atoms with E-state index in [1.807, 2.05) is 36.5 Å². The fourth-order valence-corrected chi connectivity index (χ4v) is 3.39. The number of aromatic nitrogens is 3. The molecule has 1 aromatic carbocycles. The number of rotatable bonds is 6. The summed E-state index contributed by atoms with van der Waals surface area (Å²) in [5.74, 6) is 0.911. The van der Waals surface area contributed by atoms with E-state index in [0.29, 0.717) is 19.7 Å². The Morgan fingerprint density at radius 3 is 2.68 bits per heavy atom. The van der Waals surface area contributed by atoms with E-state index in [9.17, 15) is 8.42 Å². The summed E-state index contributed by atoms with van der Waals surface area (Å²) in [6.45, 7) is 2.90. The van der Waals surface area contributed by atoms with Crippen LogP contribution in [0.15, 0.2) is 36.5 Å². The first-order valence-corrected chi connectivity index (χ1v) is 8.76. The highest BCUT2D eigenvalue weighted by Gasteiger charge is 2.36. The quantitative estimate of drug-likeness (QED) is 0.795. The molecule has 1 aliphatic rings.